The van der Waals surface area contributed by atoms with E-state index in [9.17, 15) is 10.1 Å². The van der Waals surface area contributed by atoms with Crippen LogP contribution in [0.3, 0.4) is 0 Å². The van der Waals surface area contributed by atoms with Crippen LogP contribution < -0.4 is 14.9 Å². The number of para-hydroxylation sites is 1. The van der Waals surface area contributed by atoms with Gasteiger partial charge in [0, 0.05) is 0 Å². The molecule has 0 heterocycles. The molecule has 2 aromatic carbocycles. The highest BCUT2D eigenvalue weighted by Gasteiger charge is 2.18. The Kier molecular flexibility index (Phi) is 6.13. The van der Waals surface area contributed by atoms with E-state index >= 15 is 0 Å². The Morgan fingerprint density at radius 2 is 2.00 bits per heavy atom. The lowest BCUT2D eigenvalue weighted by Gasteiger charge is -2.11. The summed E-state index contributed by atoms with van der Waals surface area (Å²) < 4.78 is 10.8. The van der Waals surface area contributed by atoms with Gasteiger partial charge in [-0.1, -0.05) is 25.1 Å². The van der Waals surface area contributed by atoms with Gasteiger partial charge in [0.2, 0.25) is 0 Å². The number of nitro groups is 1. The van der Waals surface area contributed by atoms with Crippen LogP contribution in [0.4, 0.5) is 11.4 Å². The summed E-state index contributed by atoms with van der Waals surface area (Å²) in [7, 11) is 1.45. The molecule has 0 fully saturated rings. The number of hydrogen-bond donors (Lipinski definition) is 1. The molecule has 2 aromatic rings. The van der Waals surface area contributed by atoms with Gasteiger partial charge in [-0.25, -0.2) is 0 Å². The van der Waals surface area contributed by atoms with Gasteiger partial charge in [0.1, 0.15) is 0 Å². The number of ether oxygens (including phenoxy) is 2. The minimum absolute atomic E-state index is 0.102. The van der Waals surface area contributed by atoms with Crippen molar-refractivity contribution in [1.82, 2.24) is 0 Å². The first kappa shape index (κ1) is 17.3. The average Bonchev–Trinajstić information content (AvgIpc) is 2.60. The number of anilines is 1. The van der Waals surface area contributed by atoms with E-state index in [-0.39, 0.29) is 5.69 Å². The smallest absolute Gasteiger partial charge is 0.282 e. The van der Waals surface area contributed by atoms with Crippen molar-refractivity contribution >= 4 is 17.6 Å². The maximum absolute atomic E-state index is 11.3. The van der Waals surface area contributed by atoms with E-state index in [2.05, 4.69) is 10.5 Å². The number of nitrogens with one attached hydrogen (secondary N) is 1. The molecule has 0 aromatic heterocycles. The van der Waals surface area contributed by atoms with Gasteiger partial charge in [-0.2, -0.15) is 5.10 Å². The second-order valence-electron chi connectivity index (χ2n) is 4.90. The average molecular weight is 329 g/mol. The molecule has 7 nitrogen and oxygen atoms in total. The lowest BCUT2D eigenvalue weighted by Crippen LogP contribution is -2.02. The molecule has 0 amide bonds. The highest BCUT2D eigenvalue weighted by Crippen LogP contribution is 2.34. The molecule has 126 valence electrons. The summed E-state index contributed by atoms with van der Waals surface area (Å²) in [5.74, 6) is 0.773. The minimum atomic E-state index is -0.476. The predicted octanol–water partition coefficient (Wildman–Crippen LogP) is 3.84. The SMILES string of the molecule is CCCOc1cc(C=NNc2ccccc2)c([N+](=O)[O-])cc1OC. The normalized spacial score (nSPS) is 10.6. The van der Waals surface area contributed by atoms with Crippen LogP contribution in [0.5, 0.6) is 11.5 Å². The standard InChI is InChI=1S/C17H19N3O4/c1-3-9-24-17-10-13(15(20(21)22)11-16(17)23-2)12-18-19-14-7-5-4-6-8-14/h4-8,10-12,19H,3,9H2,1-2H3. The van der Waals surface area contributed by atoms with Gasteiger partial charge < -0.3 is 9.47 Å². The third-order valence-corrected chi connectivity index (χ3v) is 3.14. The van der Waals surface area contributed by atoms with Gasteiger partial charge in [0.05, 0.1) is 42.2 Å². The number of methoxy groups -OCH3 is 1. The molecule has 0 spiro atoms. The molecule has 0 bridgehead atoms. The van der Waals surface area contributed by atoms with Crippen molar-refractivity contribution < 1.29 is 14.4 Å². The maximum Gasteiger partial charge on any atom is 0.282 e. The van der Waals surface area contributed by atoms with Gasteiger partial charge in [0.15, 0.2) is 11.5 Å². The quantitative estimate of drug-likeness (QED) is 0.452. The number of benzene rings is 2. The van der Waals surface area contributed by atoms with Crippen LogP contribution in [0, 0.1) is 10.1 Å². The molecule has 7 heteroatoms. The molecule has 1 N–H and O–H groups in total. The summed E-state index contributed by atoms with van der Waals surface area (Å²) in [6.45, 7) is 2.47. The fraction of sp³-hybridized carbons (Fsp3) is 0.235. The first-order valence-corrected chi connectivity index (χ1v) is 7.49. The van der Waals surface area contributed by atoms with Crippen LogP contribution in [-0.2, 0) is 0 Å². The van der Waals surface area contributed by atoms with Crippen molar-refractivity contribution in [3.8, 4) is 11.5 Å². The van der Waals surface area contributed by atoms with E-state index in [1.165, 1.54) is 19.4 Å². The number of hydrogen-bond acceptors (Lipinski definition) is 6. The van der Waals surface area contributed by atoms with Gasteiger partial charge in [-0.15, -0.1) is 0 Å². The largest absolute Gasteiger partial charge is 0.493 e. The fourth-order valence-corrected chi connectivity index (χ4v) is 2.00. The maximum atomic E-state index is 11.3. The van der Waals surface area contributed by atoms with Crippen LogP contribution in [0.25, 0.3) is 0 Å². The van der Waals surface area contributed by atoms with Crippen molar-refractivity contribution in [2.24, 2.45) is 5.10 Å². The molecule has 0 atom stereocenters. The van der Waals surface area contributed by atoms with Gasteiger partial charge in [0.25, 0.3) is 5.69 Å². The van der Waals surface area contributed by atoms with E-state index in [0.717, 1.165) is 12.1 Å². The van der Waals surface area contributed by atoms with Gasteiger partial charge in [-0.3, -0.25) is 15.5 Å². The van der Waals surface area contributed by atoms with E-state index in [1.54, 1.807) is 6.07 Å². The molecular formula is C17H19N3O4. The summed E-state index contributed by atoms with van der Waals surface area (Å²) in [4.78, 5) is 10.8. The number of nitro benzene ring substituents is 1. The predicted molar refractivity (Wildman–Crippen MR) is 93.1 cm³/mol. The summed E-state index contributed by atoms with van der Waals surface area (Å²) >= 11 is 0. The Hall–Kier alpha value is -3.09. The Bertz CT molecular complexity index is 717. The third-order valence-electron chi connectivity index (χ3n) is 3.14. The number of hydrazone groups is 1. The zero-order chi connectivity index (χ0) is 17.4. The van der Waals surface area contributed by atoms with Crippen LogP contribution in [0.1, 0.15) is 18.9 Å². The van der Waals surface area contributed by atoms with Crippen molar-refractivity contribution in [2.45, 2.75) is 13.3 Å². The molecule has 0 aliphatic rings. The lowest BCUT2D eigenvalue weighted by molar-refractivity contribution is -0.385. The minimum Gasteiger partial charge on any atom is -0.493 e. The highest BCUT2D eigenvalue weighted by molar-refractivity contribution is 5.87. The van der Waals surface area contributed by atoms with E-state index in [0.29, 0.717) is 23.7 Å². The van der Waals surface area contributed by atoms with E-state index in [4.69, 9.17) is 9.47 Å². The molecule has 0 aliphatic carbocycles. The first-order chi connectivity index (χ1) is 11.7. The van der Waals surface area contributed by atoms with Crippen molar-refractivity contribution in [2.75, 3.05) is 19.1 Å². The summed E-state index contributed by atoms with van der Waals surface area (Å²) in [6.07, 6.45) is 2.21. The van der Waals surface area contributed by atoms with Gasteiger partial charge in [-0.05, 0) is 24.6 Å². The summed E-state index contributed by atoms with van der Waals surface area (Å²) in [6, 6.07) is 12.2. The molecule has 2 rings (SSSR count). The molecule has 0 saturated heterocycles. The number of nitrogens with zero attached hydrogens (tertiary/aromatic N) is 2. The molecule has 24 heavy (non-hydrogen) atoms. The van der Waals surface area contributed by atoms with E-state index in [1.807, 2.05) is 37.3 Å². The fourth-order valence-electron chi connectivity index (χ4n) is 2.00. The molecule has 0 saturated carbocycles. The molecular weight excluding hydrogens is 310 g/mol. The van der Waals surface area contributed by atoms with Crippen LogP contribution >= 0.6 is 0 Å². The molecule has 0 aliphatic heterocycles. The Labute approximate surface area is 140 Å². The second-order valence-corrected chi connectivity index (χ2v) is 4.90. The van der Waals surface area contributed by atoms with Crippen molar-refractivity contribution in [3.05, 3.63) is 58.1 Å². The van der Waals surface area contributed by atoms with E-state index < -0.39 is 4.92 Å². The second kappa shape index (κ2) is 8.52. The Balaban J connectivity index is 2.29. The van der Waals surface area contributed by atoms with Crippen molar-refractivity contribution in [1.29, 1.82) is 0 Å². The molecule has 0 radical (unpaired) electrons. The monoisotopic (exact) mass is 329 g/mol. The zero-order valence-electron chi connectivity index (χ0n) is 13.6. The highest BCUT2D eigenvalue weighted by atomic mass is 16.6. The van der Waals surface area contributed by atoms with Crippen molar-refractivity contribution in [3.63, 3.8) is 0 Å². The lowest BCUT2D eigenvalue weighted by atomic mass is 10.1. The van der Waals surface area contributed by atoms with Crippen LogP contribution in [-0.4, -0.2) is 24.9 Å². The summed E-state index contributed by atoms with van der Waals surface area (Å²) in [5, 5.41) is 15.3. The first-order valence-electron chi connectivity index (χ1n) is 7.49. The Morgan fingerprint density at radius 1 is 1.25 bits per heavy atom. The van der Waals surface area contributed by atoms with Crippen LogP contribution in [0.2, 0.25) is 0 Å². The molecule has 0 unspecified atom stereocenters. The third kappa shape index (κ3) is 4.45. The zero-order valence-corrected chi connectivity index (χ0v) is 13.6. The topological polar surface area (TPSA) is 86.0 Å². The summed E-state index contributed by atoms with van der Waals surface area (Å²) in [5.41, 5.74) is 3.84. The number of rotatable bonds is 8. The Morgan fingerprint density at radius 3 is 2.62 bits per heavy atom. The van der Waals surface area contributed by atoms with Crippen LogP contribution in [0.15, 0.2) is 47.6 Å². The van der Waals surface area contributed by atoms with Gasteiger partial charge >= 0.3 is 0 Å².